The summed E-state index contributed by atoms with van der Waals surface area (Å²) < 4.78 is 0.585. The van der Waals surface area contributed by atoms with E-state index in [-0.39, 0.29) is 18.1 Å². The number of benzene rings is 1. The highest BCUT2D eigenvalue weighted by atomic mass is 79.9. The molecule has 0 fully saturated rings. The van der Waals surface area contributed by atoms with Crippen LogP contribution in [0.25, 0.3) is 0 Å². The summed E-state index contributed by atoms with van der Waals surface area (Å²) >= 11 is 4.83. The van der Waals surface area contributed by atoms with Crippen LogP contribution in [-0.2, 0) is 0 Å². The van der Waals surface area contributed by atoms with Gasteiger partial charge in [-0.05, 0) is 40.0 Å². The molecular weight excluding hydrogens is 292 g/mol. The van der Waals surface area contributed by atoms with Gasteiger partial charge in [-0.2, -0.15) is 0 Å². The number of aliphatic hydroxyl groups excluding tert-OH is 1. The molecule has 0 aromatic heterocycles. The molecule has 1 rings (SSSR count). The molecule has 0 aliphatic rings. The zero-order chi connectivity index (χ0) is 12.1. The molecule has 2 N–H and O–H groups in total. The van der Waals surface area contributed by atoms with E-state index in [0.717, 1.165) is 10.6 Å². The van der Waals surface area contributed by atoms with Crippen molar-refractivity contribution in [1.82, 2.24) is 0 Å². The van der Waals surface area contributed by atoms with Crippen molar-refractivity contribution in [3.8, 4) is 0 Å². The summed E-state index contributed by atoms with van der Waals surface area (Å²) in [5.74, 6) is 0.116. The first kappa shape index (κ1) is 13.5. The van der Waals surface area contributed by atoms with Crippen molar-refractivity contribution in [2.75, 3.05) is 12.4 Å². The second-order valence-electron chi connectivity index (χ2n) is 3.55. The molecule has 5 heteroatoms. The lowest BCUT2D eigenvalue weighted by Gasteiger charge is -2.08. The molecule has 0 saturated carbocycles. The third-order valence-corrected chi connectivity index (χ3v) is 4.00. The Balaban J connectivity index is 2.70. The van der Waals surface area contributed by atoms with Gasteiger partial charge in [0.15, 0.2) is 0 Å². The molecule has 16 heavy (non-hydrogen) atoms. The van der Waals surface area contributed by atoms with Gasteiger partial charge in [0, 0.05) is 21.7 Å². The number of rotatable bonds is 5. The van der Waals surface area contributed by atoms with Gasteiger partial charge in [-0.15, -0.1) is 11.8 Å². The van der Waals surface area contributed by atoms with E-state index in [1.54, 1.807) is 30.0 Å². The van der Waals surface area contributed by atoms with Crippen LogP contribution in [0.3, 0.4) is 0 Å². The van der Waals surface area contributed by atoms with Crippen LogP contribution in [0.2, 0.25) is 0 Å². The average Bonchev–Trinajstić information content (AvgIpc) is 2.25. The Morgan fingerprint density at radius 2 is 2.25 bits per heavy atom. The maximum atomic E-state index is 10.8. The van der Waals surface area contributed by atoms with E-state index in [4.69, 9.17) is 10.2 Å². The molecule has 1 aromatic rings. The van der Waals surface area contributed by atoms with Crippen LogP contribution < -0.4 is 0 Å². The number of hydrogen-bond donors (Lipinski definition) is 2. The third-order valence-electron chi connectivity index (χ3n) is 2.02. The smallest absolute Gasteiger partial charge is 0.336 e. The molecular formula is C11H13BrO3S. The summed E-state index contributed by atoms with van der Waals surface area (Å²) in [7, 11) is 0. The molecule has 1 aromatic carbocycles. The van der Waals surface area contributed by atoms with Gasteiger partial charge in [0.1, 0.15) is 0 Å². The summed E-state index contributed by atoms with van der Waals surface area (Å²) in [5.41, 5.74) is 0.263. The normalized spacial score (nSPS) is 12.4. The highest BCUT2D eigenvalue weighted by molar-refractivity contribution is 9.10. The molecule has 0 aliphatic heterocycles. The van der Waals surface area contributed by atoms with Crippen molar-refractivity contribution < 1.29 is 15.0 Å². The Morgan fingerprint density at radius 3 is 2.75 bits per heavy atom. The van der Waals surface area contributed by atoms with E-state index in [9.17, 15) is 4.79 Å². The summed E-state index contributed by atoms with van der Waals surface area (Å²) in [6.07, 6.45) is 0. The van der Waals surface area contributed by atoms with Crippen LogP contribution in [0.4, 0.5) is 0 Å². The van der Waals surface area contributed by atoms with E-state index in [0.29, 0.717) is 4.47 Å². The first-order chi connectivity index (χ1) is 7.54. The zero-order valence-electron chi connectivity index (χ0n) is 8.81. The minimum absolute atomic E-state index is 0.168. The fraction of sp³-hybridized carbons (Fsp3) is 0.364. The Hall–Kier alpha value is -0.520. The van der Waals surface area contributed by atoms with E-state index < -0.39 is 5.97 Å². The quantitative estimate of drug-likeness (QED) is 0.821. The van der Waals surface area contributed by atoms with Crippen LogP contribution >= 0.6 is 27.7 Å². The van der Waals surface area contributed by atoms with Crippen molar-refractivity contribution >= 4 is 33.7 Å². The van der Waals surface area contributed by atoms with Crippen molar-refractivity contribution in [3.63, 3.8) is 0 Å². The van der Waals surface area contributed by atoms with Gasteiger partial charge in [-0.25, -0.2) is 4.79 Å². The Kier molecular flexibility index (Phi) is 5.31. The van der Waals surface area contributed by atoms with E-state index >= 15 is 0 Å². The maximum absolute atomic E-state index is 10.8. The van der Waals surface area contributed by atoms with Crippen LogP contribution in [0, 0.1) is 5.92 Å². The van der Waals surface area contributed by atoms with Crippen molar-refractivity contribution in [3.05, 3.63) is 28.2 Å². The van der Waals surface area contributed by atoms with Gasteiger partial charge in [-0.1, -0.05) is 6.92 Å². The first-order valence-electron chi connectivity index (χ1n) is 4.81. The van der Waals surface area contributed by atoms with Crippen molar-refractivity contribution in [1.29, 1.82) is 0 Å². The standard InChI is InChI=1S/C11H13BrO3S/c1-7(5-13)6-16-8-2-3-9(11(14)15)10(12)4-8/h2-4,7,13H,5-6H2,1H3,(H,14,15). The lowest BCUT2D eigenvalue weighted by molar-refractivity contribution is 0.0696. The van der Waals surface area contributed by atoms with Crippen molar-refractivity contribution in [2.45, 2.75) is 11.8 Å². The molecule has 0 saturated heterocycles. The van der Waals surface area contributed by atoms with Gasteiger partial charge < -0.3 is 10.2 Å². The van der Waals surface area contributed by atoms with Crippen LogP contribution in [0.5, 0.6) is 0 Å². The van der Waals surface area contributed by atoms with Crippen molar-refractivity contribution in [2.24, 2.45) is 5.92 Å². The number of thioether (sulfide) groups is 1. The molecule has 1 unspecified atom stereocenters. The monoisotopic (exact) mass is 304 g/mol. The van der Waals surface area contributed by atoms with E-state index in [1.165, 1.54) is 0 Å². The number of carboxylic acids is 1. The molecule has 3 nitrogen and oxygen atoms in total. The van der Waals surface area contributed by atoms with Crippen LogP contribution in [0.1, 0.15) is 17.3 Å². The molecule has 0 radical (unpaired) electrons. The van der Waals surface area contributed by atoms with Gasteiger partial charge in [0.2, 0.25) is 0 Å². The molecule has 0 amide bonds. The Bertz CT molecular complexity index is 381. The zero-order valence-corrected chi connectivity index (χ0v) is 11.2. The van der Waals surface area contributed by atoms with Gasteiger partial charge >= 0.3 is 5.97 Å². The second-order valence-corrected chi connectivity index (χ2v) is 5.49. The largest absolute Gasteiger partial charge is 0.478 e. The second kappa shape index (κ2) is 6.27. The Labute approximate surface area is 107 Å². The van der Waals surface area contributed by atoms with Gasteiger partial charge in [0.05, 0.1) is 5.56 Å². The number of aliphatic hydroxyl groups is 1. The SMILES string of the molecule is CC(CO)CSc1ccc(C(=O)O)c(Br)c1. The minimum atomic E-state index is -0.938. The number of carbonyl (C=O) groups is 1. The van der Waals surface area contributed by atoms with Crippen LogP contribution in [0.15, 0.2) is 27.6 Å². The van der Waals surface area contributed by atoms with Gasteiger partial charge in [0.25, 0.3) is 0 Å². The molecule has 0 spiro atoms. The maximum Gasteiger partial charge on any atom is 0.336 e. The molecule has 1 atom stereocenters. The highest BCUT2D eigenvalue weighted by Crippen LogP contribution is 2.26. The number of aromatic carboxylic acids is 1. The summed E-state index contributed by atoms with van der Waals surface area (Å²) in [4.78, 5) is 11.8. The Morgan fingerprint density at radius 1 is 1.56 bits per heavy atom. The van der Waals surface area contributed by atoms with Crippen LogP contribution in [-0.4, -0.2) is 28.5 Å². The number of carboxylic acid groups (broad SMARTS) is 1. The van der Waals surface area contributed by atoms with E-state index in [2.05, 4.69) is 15.9 Å². The fourth-order valence-electron chi connectivity index (χ4n) is 1.05. The highest BCUT2D eigenvalue weighted by Gasteiger charge is 2.09. The molecule has 88 valence electrons. The fourth-order valence-corrected chi connectivity index (χ4v) is 2.70. The lowest BCUT2D eigenvalue weighted by Crippen LogP contribution is -2.03. The summed E-state index contributed by atoms with van der Waals surface area (Å²) in [6, 6.07) is 5.15. The number of hydrogen-bond acceptors (Lipinski definition) is 3. The van der Waals surface area contributed by atoms with E-state index in [1.807, 2.05) is 6.92 Å². The molecule has 0 bridgehead atoms. The minimum Gasteiger partial charge on any atom is -0.478 e. The molecule has 0 heterocycles. The molecule has 0 aliphatic carbocycles. The first-order valence-corrected chi connectivity index (χ1v) is 6.59. The lowest BCUT2D eigenvalue weighted by atomic mass is 10.2. The average molecular weight is 305 g/mol. The topological polar surface area (TPSA) is 57.5 Å². The summed E-state index contributed by atoms with van der Waals surface area (Å²) in [6.45, 7) is 2.13. The third kappa shape index (κ3) is 3.81. The number of halogens is 1. The van der Waals surface area contributed by atoms with Gasteiger partial charge in [-0.3, -0.25) is 0 Å². The predicted octanol–water partition coefficient (Wildman–Crippen LogP) is 2.87. The summed E-state index contributed by atoms with van der Waals surface area (Å²) in [5, 5.41) is 17.7. The predicted molar refractivity (Wildman–Crippen MR) is 68.1 cm³/mol.